The highest BCUT2D eigenvalue weighted by molar-refractivity contribution is 5.88. The largest absolute Gasteiger partial charge is 0.465 e. The third-order valence-corrected chi connectivity index (χ3v) is 6.97. The topological polar surface area (TPSA) is 115 Å². The van der Waals surface area contributed by atoms with Crippen molar-refractivity contribution in [2.75, 3.05) is 18.0 Å². The summed E-state index contributed by atoms with van der Waals surface area (Å²) in [7, 11) is 0. The van der Waals surface area contributed by atoms with Gasteiger partial charge < -0.3 is 29.7 Å². The Balaban J connectivity index is 1.40. The molecule has 2 atom stereocenters. The van der Waals surface area contributed by atoms with E-state index >= 15 is 0 Å². The van der Waals surface area contributed by atoms with Gasteiger partial charge in [-0.25, -0.2) is 14.8 Å². The number of likely N-dealkylation sites (tertiary alicyclic amines) is 1. The van der Waals surface area contributed by atoms with E-state index in [0.717, 1.165) is 40.8 Å². The maximum absolute atomic E-state index is 12.9. The minimum Gasteiger partial charge on any atom is -0.465 e. The van der Waals surface area contributed by atoms with Crippen molar-refractivity contribution in [3.8, 4) is 0 Å². The normalized spacial score (nSPS) is 22.7. The van der Waals surface area contributed by atoms with E-state index in [0.29, 0.717) is 18.0 Å². The number of nitrogens with zero attached hydrogens (tertiary/aromatic N) is 5. The second-order valence-corrected chi connectivity index (χ2v) is 9.53. The second kappa shape index (κ2) is 8.93. The molecule has 12 heteroatoms. The number of halogens is 3. The van der Waals surface area contributed by atoms with Gasteiger partial charge in [-0.1, -0.05) is 12.1 Å². The molecule has 36 heavy (non-hydrogen) atoms. The SMILES string of the molecule is O=C(O)N1CCC(O)(Cn2ccc3c(N(Cc4ccc(C(F)(F)F)cc4)C4CC4)ncnc32)C(O)C1. The van der Waals surface area contributed by atoms with Gasteiger partial charge in [-0.05, 0) is 43.0 Å². The number of piperidine rings is 1. The molecule has 1 aromatic carbocycles. The zero-order valence-corrected chi connectivity index (χ0v) is 19.3. The summed E-state index contributed by atoms with van der Waals surface area (Å²) < 4.78 is 40.5. The number of hydrogen-bond donors (Lipinski definition) is 3. The fraction of sp³-hybridized carbons (Fsp3) is 0.458. The van der Waals surface area contributed by atoms with E-state index in [2.05, 4.69) is 14.9 Å². The van der Waals surface area contributed by atoms with Gasteiger partial charge in [0.05, 0.1) is 24.0 Å². The first-order chi connectivity index (χ1) is 17.0. The van der Waals surface area contributed by atoms with Crippen molar-refractivity contribution in [2.45, 2.75) is 56.3 Å². The van der Waals surface area contributed by atoms with Crippen LogP contribution in [0.1, 0.15) is 30.4 Å². The number of hydrogen-bond acceptors (Lipinski definition) is 6. The fourth-order valence-electron chi connectivity index (χ4n) is 4.72. The molecule has 2 aliphatic rings. The van der Waals surface area contributed by atoms with Crippen molar-refractivity contribution in [3.63, 3.8) is 0 Å². The number of rotatable bonds is 6. The minimum absolute atomic E-state index is 0.0178. The quantitative estimate of drug-likeness (QED) is 0.472. The molecule has 3 N–H and O–H groups in total. The Labute approximate surface area is 204 Å². The van der Waals surface area contributed by atoms with Crippen LogP contribution in [0, 0.1) is 0 Å². The number of carboxylic acid groups (broad SMARTS) is 1. The van der Waals surface area contributed by atoms with Crippen LogP contribution >= 0.6 is 0 Å². The van der Waals surface area contributed by atoms with Crippen LogP contribution in [-0.4, -0.2) is 71.7 Å². The number of aromatic nitrogens is 3. The zero-order valence-electron chi connectivity index (χ0n) is 19.3. The number of amides is 1. The number of anilines is 1. The lowest BCUT2D eigenvalue weighted by Crippen LogP contribution is -2.58. The lowest BCUT2D eigenvalue weighted by atomic mass is 9.88. The maximum Gasteiger partial charge on any atom is 0.416 e. The predicted molar refractivity (Wildman–Crippen MR) is 123 cm³/mol. The summed E-state index contributed by atoms with van der Waals surface area (Å²) in [6, 6.07) is 7.13. The highest BCUT2D eigenvalue weighted by Gasteiger charge is 2.42. The Morgan fingerprint density at radius 1 is 1.17 bits per heavy atom. The lowest BCUT2D eigenvalue weighted by Gasteiger charge is -2.41. The van der Waals surface area contributed by atoms with Gasteiger partial charge in [-0.15, -0.1) is 0 Å². The van der Waals surface area contributed by atoms with Gasteiger partial charge in [0.25, 0.3) is 0 Å². The highest BCUT2D eigenvalue weighted by Crippen LogP contribution is 2.37. The molecule has 2 fully saturated rings. The van der Waals surface area contributed by atoms with Crippen molar-refractivity contribution < 1.29 is 33.3 Å². The highest BCUT2D eigenvalue weighted by atomic mass is 19.4. The molecule has 1 aliphatic carbocycles. The van der Waals surface area contributed by atoms with E-state index in [1.807, 2.05) is 6.07 Å². The average Bonchev–Trinajstić information content (AvgIpc) is 3.60. The summed E-state index contributed by atoms with van der Waals surface area (Å²) in [5.74, 6) is 0.648. The molecule has 1 amide bonds. The van der Waals surface area contributed by atoms with Crippen molar-refractivity contribution in [1.82, 2.24) is 19.4 Å². The molecule has 0 radical (unpaired) electrons. The summed E-state index contributed by atoms with van der Waals surface area (Å²) in [6.45, 7) is 0.316. The van der Waals surface area contributed by atoms with Crippen molar-refractivity contribution in [1.29, 1.82) is 0 Å². The molecule has 2 aromatic heterocycles. The first-order valence-electron chi connectivity index (χ1n) is 11.7. The van der Waals surface area contributed by atoms with Crippen molar-refractivity contribution in [2.24, 2.45) is 0 Å². The van der Waals surface area contributed by atoms with E-state index in [1.165, 1.54) is 18.5 Å². The Morgan fingerprint density at radius 2 is 1.89 bits per heavy atom. The molecular formula is C24H26F3N5O4. The number of β-amino-alcohol motifs (C(OH)–C–C–N with tert-alkyl or cyclic N) is 1. The number of aliphatic hydroxyl groups excluding tert-OH is 1. The van der Waals surface area contributed by atoms with E-state index < -0.39 is 29.5 Å². The third kappa shape index (κ3) is 4.70. The van der Waals surface area contributed by atoms with E-state index in [4.69, 9.17) is 5.11 Å². The van der Waals surface area contributed by atoms with Gasteiger partial charge in [0.1, 0.15) is 29.5 Å². The van der Waals surface area contributed by atoms with Gasteiger partial charge >= 0.3 is 12.3 Å². The molecule has 3 aromatic rings. The first-order valence-corrected chi connectivity index (χ1v) is 11.7. The van der Waals surface area contributed by atoms with Gasteiger partial charge in [0, 0.05) is 25.3 Å². The molecule has 192 valence electrons. The van der Waals surface area contributed by atoms with Gasteiger partial charge in [-0.2, -0.15) is 13.2 Å². The third-order valence-electron chi connectivity index (χ3n) is 6.97. The monoisotopic (exact) mass is 505 g/mol. The predicted octanol–water partition coefficient (Wildman–Crippen LogP) is 3.09. The van der Waals surface area contributed by atoms with Gasteiger partial charge in [0.2, 0.25) is 0 Å². The summed E-state index contributed by atoms with van der Waals surface area (Å²) in [5.41, 5.74) is -0.956. The van der Waals surface area contributed by atoms with Crippen LogP contribution in [0.15, 0.2) is 42.9 Å². The zero-order chi connectivity index (χ0) is 25.7. The molecule has 1 saturated heterocycles. The number of fused-ring (bicyclic) bond motifs is 1. The van der Waals surface area contributed by atoms with Crippen molar-refractivity contribution in [3.05, 3.63) is 54.0 Å². The molecule has 1 saturated carbocycles. The smallest absolute Gasteiger partial charge is 0.416 e. The van der Waals surface area contributed by atoms with Crippen molar-refractivity contribution >= 4 is 22.9 Å². The molecule has 2 unspecified atom stereocenters. The summed E-state index contributed by atoms with van der Waals surface area (Å²) in [4.78, 5) is 23.2. The van der Waals surface area contributed by atoms with Crippen LogP contribution in [0.25, 0.3) is 11.0 Å². The molecule has 5 rings (SSSR count). The minimum atomic E-state index is -4.39. The van der Waals surface area contributed by atoms with Crippen LogP contribution in [0.5, 0.6) is 0 Å². The van der Waals surface area contributed by atoms with Crippen LogP contribution < -0.4 is 4.90 Å². The van der Waals surface area contributed by atoms with Crippen LogP contribution in [0.3, 0.4) is 0 Å². The Morgan fingerprint density at radius 3 is 2.50 bits per heavy atom. The Kier molecular flexibility index (Phi) is 6.03. The van der Waals surface area contributed by atoms with Gasteiger partial charge in [-0.3, -0.25) is 0 Å². The Hall–Kier alpha value is -3.38. The number of carbonyl (C=O) groups is 1. The van der Waals surface area contributed by atoms with Crippen LogP contribution in [0.2, 0.25) is 0 Å². The number of aliphatic hydroxyl groups is 2. The molecule has 0 spiro atoms. The lowest BCUT2D eigenvalue weighted by molar-refractivity contribution is -0.137. The number of benzene rings is 1. The standard InChI is InChI=1S/C24H26F3N5O4/c25-24(26,27)16-3-1-15(2-4-16)11-32(17-5-6-17)21-18-7-9-31(20(18)28-14-29-21)13-23(36)8-10-30(22(34)35)12-19(23)33/h1-4,7,9,14,17,19,33,36H,5-6,8,10-13H2,(H,34,35). The fourth-order valence-corrected chi connectivity index (χ4v) is 4.72. The van der Waals surface area contributed by atoms with E-state index in [9.17, 15) is 28.2 Å². The summed E-state index contributed by atoms with van der Waals surface area (Å²) >= 11 is 0. The van der Waals surface area contributed by atoms with Crippen LogP contribution in [-0.2, 0) is 19.3 Å². The molecule has 9 nitrogen and oxygen atoms in total. The number of alkyl halides is 3. The van der Waals surface area contributed by atoms with E-state index in [-0.39, 0.29) is 32.1 Å². The molecule has 0 bridgehead atoms. The Bertz CT molecular complexity index is 1260. The average molecular weight is 505 g/mol. The second-order valence-electron chi connectivity index (χ2n) is 9.53. The van der Waals surface area contributed by atoms with Crippen LogP contribution in [0.4, 0.5) is 23.8 Å². The molecule has 1 aliphatic heterocycles. The molecular weight excluding hydrogens is 479 g/mol. The summed E-state index contributed by atoms with van der Waals surface area (Å²) in [5, 5.41) is 31.5. The summed E-state index contributed by atoms with van der Waals surface area (Å²) in [6.07, 6.45) is -1.70. The van der Waals surface area contributed by atoms with Gasteiger partial charge in [0.15, 0.2) is 0 Å². The first kappa shape index (κ1) is 24.3. The maximum atomic E-state index is 12.9. The van der Waals surface area contributed by atoms with E-state index in [1.54, 1.807) is 10.8 Å². The molecule has 3 heterocycles.